The highest BCUT2D eigenvalue weighted by molar-refractivity contribution is 5.94. The number of ether oxygens (including phenoxy) is 1. The average molecular weight is 289 g/mol. The van der Waals surface area contributed by atoms with E-state index in [0.717, 1.165) is 0 Å². The van der Waals surface area contributed by atoms with E-state index in [0.29, 0.717) is 31.7 Å². The second-order valence-electron chi connectivity index (χ2n) is 4.50. The number of carbonyl (C=O) groups excluding carboxylic acids is 1. The molecule has 0 spiro atoms. The number of methoxy groups -OCH3 is 1. The molecule has 0 bridgehead atoms. The highest BCUT2D eigenvalue weighted by atomic mass is 19.2. The molecule has 0 N–H and O–H groups in total. The van der Waals surface area contributed by atoms with Gasteiger partial charge >= 0.3 is 0 Å². The number of halogens is 3. The van der Waals surface area contributed by atoms with Crippen molar-refractivity contribution in [3.8, 4) is 0 Å². The minimum atomic E-state index is -1.58. The monoisotopic (exact) mass is 289 g/mol. The van der Waals surface area contributed by atoms with Gasteiger partial charge in [0.2, 0.25) is 0 Å². The van der Waals surface area contributed by atoms with Crippen LogP contribution in [0, 0.1) is 17.5 Å². The standard InChI is InChI=1S/C14H18F3NO2/c1-4-9(2)18(5-6-20-3)14(19)10-7-11(15)13(17)12(16)8-10/h7-9H,4-6H2,1-3H3. The van der Waals surface area contributed by atoms with Crippen LogP contribution in [0.15, 0.2) is 12.1 Å². The van der Waals surface area contributed by atoms with Crippen molar-refractivity contribution in [2.45, 2.75) is 26.3 Å². The van der Waals surface area contributed by atoms with Gasteiger partial charge in [0.05, 0.1) is 6.61 Å². The zero-order valence-corrected chi connectivity index (χ0v) is 11.8. The van der Waals surface area contributed by atoms with Gasteiger partial charge < -0.3 is 9.64 Å². The Hall–Kier alpha value is -1.56. The number of benzene rings is 1. The summed E-state index contributed by atoms with van der Waals surface area (Å²) in [5.41, 5.74) is -0.210. The van der Waals surface area contributed by atoms with Gasteiger partial charge in [-0.1, -0.05) is 6.92 Å². The molecule has 1 aromatic carbocycles. The van der Waals surface area contributed by atoms with Crippen molar-refractivity contribution >= 4 is 5.91 Å². The maximum Gasteiger partial charge on any atom is 0.254 e. The number of hydrogen-bond acceptors (Lipinski definition) is 2. The van der Waals surface area contributed by atoms with Crippen LogP contribution in [0.4, 0.5) is 13.2 Å². The molecule has 1 unspecified atom stereocenters. The lowest BCUT2D eigenvalue weighted by Crippen LogP contribution is -2.40. The molecule has 0 saturated carbocycles. The van der Waals surface area contributed by atoms with Crippen molar-refractivity contribution in [1.82, 2.24) is 4.90 Å². The quantitative estimate of drug-likeness (QED) is 0.753. The molecule has 20 heavy (non-hydrogen) atoms. The topological polar surface area (TPSA) is 29.5 Å². The minimum absolute atomic E-state index is 0.117. The molecule has 0 radical (unpaired) electrons. The van der Waals surface area contributed by atoms with Crippen molar-refractivity contribution in [3.05, 3.63) is 35.1 Å². The molecule has 1 amide bonds. The minimum Gasteiger partial charge on any atom is -0.383 e. The molecule has 1 atom stereocenters. The predicted molar refractivity (Wildman–Crippen MR) is 69.0 cm³/mol. The van der Waals surface area contributed by atoms with E-state index in [1.807, 2.05) is 13.8 Å². The number of hydrogen-bond donors (Lipinski definition) is 0. The molecule has 0 aromatic heterocycles. The van der Waals surface area contributed by atoms with Crippen LogP contribution >= 0.6 is 0 Å². The Morgan fingerprint density at radius 1 is 1.30 bits per heavy atom. The lowest BCUT2D eigenvalue weighted by atomic mass is 10.1. The normalized spacial score (nSPS) is 12.3. The largest absolute Gasteiger partial charge is 0.383 e. The smallest absolute Gasteiger partial charge is 0.254 e. The van der Waals surface area contributed by atoms with Crippen LogP contribution in [-0.4, -0.2) is 37.1 Å². The Bertz CT molecular complexity index is 456. The molecular weight excluding hydrogens is 271 g/mol. The SMILES string of the molecule is CCC(C)N(CCOC)C(=O)c1cc(F)c(F)c(F)c1. The van der Waals surface area contributed by atoms with Crippen LogP contribution in [0.5, 0.6) is 0 Å². The number of rotatable bonds is 6. The van der Waals surface area contributed by atoms with E-state index >= 15 is 0 Å². The number of nitrogens with zero attached hydrogens (tertiary/aromatic N) is 1. The van der Waals surface area contributed by atoms with Gasteiger partial charge in [0.25, 0.3) is 5.91 Å². The lowest BCUT2D eigenvalue weighted by Gasteiger charge is -2.28. The van der Waals surface area contributed by atoms with Gasteiger partial charge in [-0.25, -0.2) is 13.2 Å². The molecule has 1 aromatic rings. The highest BCUT2D eigenvalue weighted by Gasteiger charge is 2.23. The molecule has 0 fully saturated rings. The first kappa shape index (κ1) is 16.5. The fourth-order valence-corrected chi connectivity index (χ4v) is 1.78. The van der Waals surface area contributed by atoms with E-state index in [9.17, 15) is 18.0 Å². The Labute approximate surface area is 116 Å². The summed E-state index contributed by atoms with van der Waals surface area (Å²) < 4.78 is 44.2. The van der Waals surface area contributed by atoms with Crippen LogP contribution in [-0.2, 0) is 4.74 Å². The van der Waals surface area contributed by atoms with Crippen LogP contribution in [0.25, 0.3) is 0 Å². The van der Waals surface area contributed by atoms with Gasteiger partial charge in [0, 0.05) is 25.3 Å². The van der Waals surface area contributed by atoms with Gasteiger partial charge in [0.15, 0.2) is 17.5 Å². The van der Waals surface area contributed by atoms with E-state index in [2.05, 4.69) is 0 Å². The summed E-state index contributed by atoms with van der Waals surface area (Å²) in [7, 11) is 1.50. The third-order valence-electron chi connectivity index (χ3n) is 3.15. The zero-order chi connectivity index (χ0) is 15.3. The molecular formula is C14H18F3NO2. The summed E-state index contributed by atoms with van der Waals surface area (Å²) in [6, 6.07) is 1.31. The molecule has 0 heterocycles. The molecule has 0 aliphatic heterocycles. The second kappa shape index (κ2) is 7.28. The van der Waals surface area contributed by atoms with Gasteiger partial charge in [-0.15, -0.1) is 0 Å². The van der Waals surface area contributed by atoms with E-state index < -0.39 is 23.4 Å². The molecule has 1 rings (SSSR count). The maximum atomic E-state index is 13.2. The van der Waals surface area contributed by atoms with Crippen molar-refractivity contribution in [3.63, 3.8) is 0 Å². The van der Waals surface area contributed by atoms with E-state index in [1.165, 1.54) is 12.0 Å². The van der Waals surface area contributed by atoms with E-state index in [-0.39, 0.29) is 11.6 Å². The Kier molecular flexibility index (Phi) is 6.01. The first-order valence-electron chi connectivity index (χ1n) is 6.36. The Balaban J connectivity index is 3.05. The summed E-state index contributed by atoms with van der Waals surface area (Å²) >= 11 is 0. The van der Waals surface area contributed by atoms with Gasteiger partial charge in [0.1, 0.15) is 0 Å². The van der Waals surface area contributed by atoms with Crippen molar-refractivity contribution < 1.29 is 22.7 Å². The lowest BCUT2D eigenvalue weighted by molar-refractivity contribution is 0.0612. The third-order valence-corrected chi connectivity index (χ3v) is 3.15. The number of carbonyl (C=O) groups is 1. The highest BCUT2D eigenvalue weighted by Crippen LogP contribution is 2.17. The summed E-state index contributed by atoms with van der Waals surface area (Å²) in [6.45, 7) is 4.32. The van der Waals surface area contributed by atoms with Gasteiger partial charge in [-0.05, 0) is 25.5 Å². The fraction of sp³-hybridized carbons (Fsp3) is 0.500. The average Bonchev–Trinajstić information content (AvgIpc) is 2.43. The van der Waals surface area contributed by atoms with Crippen LogP contribution in [0.2, 0.25) is 0 Å². The van der Waals surface area contributed by atoms with Crippen molar-refractivity contribution in [2.24, 2.45) is 0 Å². The molecule has 0 saturated heterocycles. The zero-order valence-electron chi connectivity index (χ0n) is 11.8. The van der Waals surface area contributed by atoms with Crippen LogP contribution in [0.1, 0.15) is 30.6 Å². The van der Waals surface area contributed by atoms with Crippen molar-refractivity contribution in [1.29, 1.82) is 0 Å². The predicted octanol–water partition coefficient (Wildman–Crippen LogP) is 2.99. The molecule has 112 valence electrons. The first-order valence-corrected chi connectivity index (χ1v) is 6.36. The summed E-state index contributed by atoms with van der Waals surface area (Å²) in [5.74, 6) is -4.86. The summed E-state index contributed by atoms with van der Waals surface area (Å²) in [6.07, 6.45) is 0.682. The fourth-order valence-electron chi connectivity index (χ4n) is 1.78. The maximum absolute atomic E-state index is 13.2. The molecule has 3 nitrogen and oxygen atoms in total. The van der Waals surface area contributed by atoms with E-state index in [4.69, 9.17) is 4.74 Å². The number of amides is 1. The first-order chi connectivity index (χ1) is 9.42. The second-order valence-corrected chi connectivity index (χ2v) is 4.50. The van der Waals surface area contributed by atoms with E-state index in [1.54, 1.807) is 0 Å². The molecule has 0 aliphatic rings. The van der Waals surface area contributed by atoms with Gasteiger partial charge in [-0.2, -0.15) is 0 Å². The Morgan fingerprint density at radius 3 is 2.30 bits per heavy atom. The Morgan fingerprint density at radius 2 is 1.85 bits per heavy atom. The van der Waals surface area contributed by atoms with Crippen molar-refractivity contribution in [2.75, 3.05) is 20.3 Å². The third kappa shape index (κ3) is 3.72. The van der Waals surface area contributed by atoms with Gasteiger partial charge in [-0.3, -0.25) is 4.79 Å². The van der Waals surface area contributed by atoms with Crippen LogP contribution < -0.4 is 0 Å². The summed E-state index contributed by atoms with van der Waals surface area (Å²) in [4.78, 5) is 13.7. The van der Waals surface area contributed by atoms with Crippen LogP contribution in [0.3, 0.4) is 0 Å². The molecule has 6 heteroatoms. The molecule has 0 aliphatic carbocycles. The summed E-state index contributed by atoms with van der Waals surface area (Å²) in [5, 5.41) is 0.